The lowest BCUT2D eigenvalue weighted by molar-refractivity contribution is -0.150. The Labute approximate surface area is 395 Å². The number of hydrogen-bond donors (Lipinski definition) is 1. The van der Waals surface area contributed by atoms with E-state index in [4.69, 9.17) is 19.7 Å². The van der Waals surface area contributed by atoms with E-state index < -0.39 is 60.1 Å². The summed E-state index contributed by atoms with van der Waals surface area (Å²) in [4.78, 5) is 90.9. The Kier molecular flexibility index (Phi) is 26.2. The first-order valence-corrected chi connectivity index (χ1v) is 24.2. The Morgan fingerprint density at radius 1 is 0.864 bits per heavy atom. The molecular formula is C50H83N7O9. The number of ketones is 1. The Morgan fingerprint density at radius 3 is 2.06 bits per heavy atom. The van der Waals surface area contributed by atoms with Gasteiger partial charge in [0.25, 0.3) is 0 Å². The van der Waals surface area contributed by atoms with Gasteiger partial charge in [-0.3, -0.25) is 24.0 Å². The number of hydrogen-bond acceptors (Lipinski definition) is 10. The van der Waals surface area contributed by atoms with Crippen LogP contribution in [0.1, 0.15) is 131 Å². The van der Waals surface area contributed by atoms with E-state index in [0.717, 1.165) is 37.7 Å². The minimum Gasteiger partial charge on any atom is -0.467 e. The molecule has 1 aromatic carbocycles. The quantitative estimate of drug-likeness (QED) is 0.0257. The van der Waals surface area contributed by atoms with Crippen LogP contribution in [-0.2, 0) is 49.4 Å². The van der Waals surface area contributed by atoms with E-state index >= 15 is 0 Å². The second-order valence-electron chi connectivity index (χ2n) is 18.9. The fraction of sp³-hybridized carbons (Fsp3) is 0.760. The van der Waals surface area contributed by atoms with Gasteiger partial charge < -0.3 is 34.2 Å². The number of nitrogens with one attached hydrogen (secondary N) is 1. The molecule has 16 nitrogen and oxygen atoms in total. The maximum Gasteiger partial charge on any atom is 0.328 e. The summed E-state index contributed by atoms with van der Waals surface area (Å²) < 4.78 is 17.1. The summed E-state index contributed by atoms with van der Waals surface area (Å²) in [5.41, 5.74) is 9.29. The molecule has 2 unspecified atom stereocenters. The smallest absolute Gasteiger partial charge is 0.328 e. The highest BCUT2D eigenvalue weighted by molar-refractivity contribution is 5.93. The van der Waals surface area contributed by atoms with Crippen LogP contribution in [0.25, 0.3) is 10.4 Å². The van der Waals surface area contributed by atoms with E-state index in [2.05, 4.69) is 15.3 Å². The number of nitrogens with zero attached hydrogens (tertiary/aromatic N) is 6. The molecule has 9 atom stereocenters. The second kappa shape index (κ2) is 30.0. The Balaban J connectivity index is 2.21. The molecule has 66 heavy (non-hydrogen) atoms. The summed E-state index contributed by atoms with van der Waals surface area (Å²) in [6.07, 6.45) is 6.60. The number of unbranched alkanes of at least 4 members (excludes halogenated alkanes) is 5. The van der Waals surface area contributed by atoms with Crippen molar-refractivity contribution < 1.29 is 43.0 Å². The SMILES string of the molecule is CCC(C)[C@@H]([C@@H](CC(=O)N1CCC[C@H]1[C@H](OC)[C@@H](C)C(=O)NC(Cc1ccccc1)C(=O)OC)OC)N(C)C(=O)[C@@H](CC(=O)[C@H](C(C)C)N(C)C(=O)CCCCCCCCN=[N+]=[N-])C(C)C. The first kappa shape index (κ1) is 57.6. The van der Waals surface area contributed by atoms with Gasteiger partial charge in [-0.2, -0.15) is 0 Å². The number of benzene rings is 1. The predicted octanol–water partition coefficient (Wildman–Crippen LogP) is 7.56. The molecule has 1 aromatic rings. The normalized spacial score (nSPS) is 17.4. The summed E-state index contributed by atoms with van der Waals surface area (Å²) in [5.74, 6) is -3.44. The number of rotatable bonds is 31. The molecule has 1 saturated heterocycles. The molecule has 2 rings (SSSR count). The molecule has 1 aliphatic heterocycles. The highest BCUT2D eigenvalue weighted by Gasteiger charge is 2.44. The highest BCUT2D eigenvalue weighted by Crippen LogP contribution is 2.31. The van der Waals surface area contributed by atoms with Gasteiger partial charge in [-0.05, 0) is 54.5 Å². The third-order valence-corrected chi connectivity index (χ3v) is 13.6. The number of carbonyl (C=O) groups is 6. The number of azide groups is 1. The van der Waals surface area contributed by atoms with Crippen molar-refractivity contribution in [2.75, 3.05) is 48.5 Å². The molecule has 372 valence electrons. The molecule has 1 N–H and O–H groups in total. The van der Waals surface area contributed by atoms with Gasteiger partial charge >= 0.3 is 5.97 Å². The average Bonchev–Trinajstić information content (AvgIpc) is 3.79. The second-order valence-corrected chi connectivity index (χ2v) is 18.9. The predicted molar refractivity (Wildman–Crippen MR) is 256 cm³/mol. The van der Waals surface area contributed by atoms with Crippen LogP contribution >= 0.6 is 0 Å². The summed E-state index contributed by atoms with van der Waals surface area (Å²) in [7, 11) is 7.76. The Morgan fingerprint density at radius 2 is 1.50 bits per heavy atom. The van der Waals surface area contributed by atoms with Gasteiger partial charge in [0.15, 0.2) is 5.78 Å². The molecule has 0 spiro atoms. The molecule has 4 amide bonds. The van der Waals surface area contributed by atoms with E-state index in [0.29, 0.717) is 45.2 Å². The van der Waals surface area contributed by atoms with Crippen LogP contribution < -0.4 is 5.32 Å². The minimum absolute atomic E-state index is 0.0246. The van der Waals surface area contributed by atoms with Gasteiger partial charge in [0.2, 0.25) is 23.6 Å². The number of amides is 4. The average molecular weight is 926 g/mol. The van der Waals surface area contributed by atoms with Crippen LogP contribution in [0.15, 0.2) is 35.4 Å². The van der Waals surface area contributed by atoms with Gasteiger partial charge in [-0.15, -0.1) is 0 Å². The van der Waals surface area contributed by atoms with Gasteiger partial charge in [-0.25, -0.2) is 4.79 Å². The lowest BCUT2D eigenvalue weighted by Crippen LogP contribution is -2.55. The van der Waals surface area contributed by atoms with Crippen LogP contribution in [-0.4, -0.2) is 135 Å². The summed E-state index contributed by atoms with van der Waals surface area (Å²) in [6.45, 7) is 14.4. The highest BCUT2D eigenvalue weighted by atomic mass is 16.5. The molecule has 0 radical (unpaired) electrons. The number of likely N-dealkylation sites (N-methyl/N-ethyl adjacent to an activating group) is 2. The zero-order valence-electron chi connectivity index (χ0n) is 42.2. The minimum atomic E-state index is -0.910. The number of methoxy groups -OCH3 is 3. The molecule has 0 saturated carbocycles. The molecule has 1 fully saturated rings. The van der Waals surface area contributed by atoms with Crippen LogP contribution in [0, 0.1) is 29.6 Å². The van der Waals surface area contributed by atoms with Crippen molar-refractivity contribution in [3.63, 3.8) is 0 Å². The van der Waals surface area contributed by atoms with E-state index in [9.17, 15) is 28.8 Å². The largest absolute Gasteiger partial charge is 0.467 e. The summed E-state index contributed by atoms with van der Waals surface area (Å²) >= 11 is 0. The molecular weight excluding hydrogens is 843 g/mol. The van der Waals surface area contributed by atoms with E-state index in [-0.39, 0.29) is 60.5 Å². The third kappa shape index (κ3) is 17.3. The maximum absolute atomic E-state index is 14.6. The molecule has 1 aliphatic rings. The summed E-state index contributed by atoms with van der Waals surface area (Å²) in [6, 6.07) is 6.83. The lowest BCUT2D eigenvalue weighted by Gasteiger charge is -2.41. The fourth-order valence-electron chi connectivity index (χ4n) is 9.58. The zero-order chi connectivity index (χ0) is 49.5. The molecule has 0 bridgehead atoms. The molecule has 0 aliphatic carbocycles. The van der Waals surface area contributed by atoms with Crippen molar-refractivity contribution >= 4 is 35.4 Å². The van der Waals surface area contributed by atoms with E-state index in [1.54, 1.807) is 42.8 Å². The van der Waals surface area contributed by atoms with Gasteiger partial charge in [-0.1, -0.05) is 116 Å². The number of Topliss-reactive ketones (excluding diaryl/α,β-unsaturated/α-hetero) is 1. The van der Waals surface area contributed by atoms with Crippen molar-refractivity contribution in [2.24, 2.45) is 34.7 Å². The molecule has 16 heteroatoms. The fourth-order valence-corrected chi connectivity index (χ4v) is 9.58. The first-order valence-electron chi connectivity index (χ1n) is 24.2. The standard InChI is InChI=1S/C50H83N7O9/c1-13-35(6)46(56(9)49(62)38(33(2)3)31-41(58)45(34(4)5)55(8)43(59)27-21-16-14-15-17-22-28-52-54-51)42(64-10)32-44(60)57-29-23-26-40(57)47(65-11)36(7)48(61)53-39(50(63)66-12)30-37-24-19-18-20-25-37/h18-20,24-25,33-36,38-40,42,45-47H,13-17,21-23,26-32H2,1-12H3,(H,53,61)/t35?,36-,38+,39?,40+,42-,45+,46+,47-/m1/s1. The van der Waals surface area contributed by atoms with Crippen molar-refractivity contribution in [3.05, 3.63) is 46.3 Å². The monoisotopic (exact) mass is 926 g/mol. The Bertz CT molecular complexity index is 1720. The van der Waals surface area contributed by atoms with Gasteiger partial charge in [0.1, 0.15) is 6.04 Å². The van der Waals surface area contributed by atoms with Gasteiger partial charge in [0.05, 0.1) is 49.8 Å². The zero-order valence-corrected chi connectivity index (χ0v) is 42.2. The topological polar surface area (TPSA) is 201 Å². The number of likely N-dealkylation sites (tertiary alicyclic amines) is 1. The molecule has 0 aromatic heterocycles. The number of carbonyl (C=O) groups excluding carboxylic acids is 6. The van der Waals surface area contributed by atoms with Crippen molar-refractivity contribution in [3.8, 4) is 0 Å². The van der Waals surface area contributed by atoms with Crippen LogP contribution in [0.2, 0.25) is 0 Å². The number of ether oxygens (including phenoxy) is 3. The number of esters is 1. The van der Waals surface area contributed by atoms with Crippen molar-refractivity contribution in [1.29, 1.82) is 0 Å². The van der Waals surface area contributed by atoms with E-state index in [1.165, 1.54) is 14.2 Å². The van der Waals surface area contributed by atoms with Crippen LogP contribution in [0.4, 0.5) is 0 Å². The van der Waals surface area contributed by atoms with E-state index in [1.807, 2.05) is 71.9 Å². The van der Waals surface area contributed by atoms with Crippen LogP contribution in [0.3, 0.4) is 0 Å². The Hall–Kier alpha value is -4.53. The van der Waals surface area contributed by atoms with Crippen molar-refractivity contribution in [2.45, 2.75) is 168 Å². The maximum atomic E-state index is 14.6. The third-order valence-electron chi connectivity index (χ3n) is 13.6. The molecule has 1 heterocycles. The van der Waals surface area contributed by atoms with Crippen LogP contribution in [0.5, 0.6) is 0 Å². The summed E-state index contributed by atoms with van der Waals surface area (Å²) in [5, 5.41) is 6.43. The lowest BCUT2D eigenvalue weighted by atomic mass is 9.83. The first-order chi connectivity index (χ1) is 31.4. The van der Waals surface area contributed by atoms with Gasteiger partial charge in [0, 0.05) is 71.5 Å². The van der Waals surface area contributed by atoms with Crippen molar-refractivity contribution in [1.82, 2.24) is 20.0 Å².